The Morgan fingerprint density at radius 2 is 1.71 bits per heavy atom. The van der Waals surface area contributed by atoms with Crippen LogP contribution in [0.1, 0.15) is 70.4 Å². The molecule has 0 heterocycles. The van der Waals surface area contributed by atoms with Crippen LogP contribution < -0.4 is 5.73 Å². The lowest BCUT2D eigenvalue weighted by molar-refractivity contribution is 0.0932. The van der Waals surface area contributed by atoms with E-state index in [9.17, 15) is 0 Å². The third-order valence-corrected chi connectivity index (χ3v) is 4.84. The van der Waals surface area contributed by atoms with Gasteiger partial charge >= 0.3 is 0 Å². The Bertz CT molecular complexity index is 382. The van der Waals surface area contributed by atoms with Crippen LogP contribution in [0.4, 0.5) is 0 Å². The van der Waals surface area contributed by atoms with Crippen LogP contribution in [0.25, 0.3) is 0 Å². The fourth-order valence-electron chi connectivity index (χ4n) is 3.76. The molecule has 1 unspecified atom stereocenters. The second kappa shape index (κ2) is 8.55. The molecule has 0 aromatic heterocycles. The maximum absolute atomic E-state index is 6.10. The fraction of sp³-hybridized carbons (Fsp3) is 0.684. The molecule has 2 nitrogen and oxygen atoms in total. The summed E-state index contributed by atoms with van der Waals surface area (Å²) < 4.78 is 0. The number of hydrogen-bond acceptors (Lipinski definition) is 2. The number of nitrogens with zero attached hydrogens (tertiary/aromatic N) is 1. The molecule has 1 fully saturated rings. The van der Waals surface area contributed by atoms with E-state index in [1.807, 2.05) is 0 Å². The summed E-state index contributed by atoms with van der Waals surface area (Å²) in [7, 11) is 0. The van der Waals surface area contributed by atoms with E-state index in [1.54, 1.807) is 0 Å². The van der Waals surface area contributed by atoms with Crippen molar-refractivity contribution in [3.8, 4) is 0 Å². The van der Waals surface area contributed by atoms with Gasteiger partial charge in [0.15, 0.2) is 0 Å². The predicted octanol–water partition coefficient (Wildman–Crippen LogP) is 4.51. The second-order valence-corrected chi connectivity index (χ2v) is 6.52. The Hall–Kier alpha value is -0.860. The lowest BCUT2D eigenvalue weighted by Gasteiger charge is -2.41. The molecule has 1 aromatic rings. The lowest BCUT2D eigenvalue weighted by atomic mass is 9.88. The summed E-state index contributed by atoms with van der Waals surface area (Å²) in [6, 6.07) is 12.8. The van der Waals surface area contributed by atoms with Crippen molar-refractivity contribution < 1.29 is 0 Å². The van der Waals surface area contributed by atoms with Crippen molar-refractivity contribution in [2.75, 3.05) is 6.54 Å². The van der Waals surface area contributed by atoms with Crippen molar-refractivity contribution in [3.05, 3.63) is 35.9 Å². The van der Waals surface area contributed by atoms with Crippen LogP contribution in [-0.4, -0.2) is 23.5 Å². The van der Waals surface area contributed by atoms with Crippen molar-refractivity contribution in [1.29, 1.82) is 0 Å². The number of rotatable bonds is 7. The zero-order chi connectivity index (χ0) is 15.1. The highest BCUT2D eigenvalue weighted by molar-refractivity contribution is 5.19. The number of hydrogen-bond donors (Lipinski definition) is 1. The van der Waals surface area contributed by atoms with Crippen LogP contribution in [0, 0.1) is 0 Å². The van der Waals surface area contributed by atoms with Gasteiger partial charge in [0.1, 0.15) is 0 Å². The average molecular weight is 288 g/mol. The molecule has 1 aromatic carbocycles. The Labute approximate surface area is 130 Å². The standard InChI is InChI=1S/C19H32N2/c1-3-8-19(16-9-6-5-7-10-16)21(15-4-2)18-13-11-17(20)12-14-18/h5-7,9-10,17-19H,3-4,8,11-15,20H2,1-2H3. The summed E-state index contributed by atoms with van der Waals surface area (Å²) in [5.41, 5.74) is 7.59. The fourth-order valence-corrected chi connectivity index (χ4v) is 3.76. The summed E-state index contributed by atoms with van der Waals surface area (Å²) in [5.74, 6) is 0. The molecule has 1 saturated carbocycles. The van der Waals surface area contributed by atoms with Crippen LogP contribution >= 0.6 is 0 Å². The van der Waals surface area contributed by atoms with Gasteiger partial charge < -0.3 is 5.73 Å². The number of nitrogens with two attached hydrogens (primary N) is 1. The molecule has 2 N–H and O–H groups in total. The summed E-state index contributed by atoms with van der Waals surface area (Å²) in [5, 5.41) is 0. The van der Waals surface area contributed by atoms with E-state index in [1.165, 1.54) is 57.1 Å². The van der Waals surface area contributed by atoms with Gasteiger partial charge in [0.25, 0.3) is 0 Å². The van der Waals surface area contributed by atoms with Crippen LogP contribution in [0.15, 0.2) is 30.3 Å². The maximum atomic E-state index is 6.10. The zero-order valence-corrected chi connectivity index (χ0v) is 13.8. The molecule has 1 atom stereocenters. The van der Waals surface area contributed by atoms with Crippen LogP contribution in [0.2, 0.25) is 0 Å². The van der Waals surface area contributed by atoms with Gasteiger partial charge in [-0.05, 0) is 50.6 Å². The summed E-state index contributed by atoms with van der Waals surface area (Å²) in [6.07, 6.45) is 8.66. The highest BCUT2D eigenvalue weighted by atomic mass is 15.2. The first kappa shape index (κ1) is 16.5. The van der Waals surface area contributed by atoms with Gasteiger partial charge in [0.2, 0.25) is 0 Å². The Morgan fingerprint density at radius 1 is 1.05 bits per heavy atom. The average Bonchev–Trinajstić information content (AvgIpc) is 2.53. The molecule has 118 valence electrons. The topological polar surface area (TPSA) is 29.3 Å². The molecule has 21 heavy (non-hydrogen) atoms. The van der Waals surface area contributed by atoms with E-state index >= 15 is 0 Å². The van der Waals surface area contributed by atoms with Crippen LogP contribution in [0.3, 0.4) is 0 Å². The molecule has 2 rings (SSSR count). The van der Waals surface area contributed by atoms with Crippen molar-refractivity contribution in [2.45, 2.75) is 76.9 Å². The third kappa shape index (κ3) is 4.55. The molecule has 0 spiro atoms. The van der Waals surface area contributed by atoms with E-state index in [0.717, 1.165) is 6.04 Å². The predicted molar refractivity (Wildman–Crippen MR) is 91.3 cm³/mol. The van der Waals surface area contributed by atoms with Gasteiger partial charge in [-0.15, -0.1) is 0 Å². The third-order valence-electron chi connectivity index (χ3n) is 4.84. The van der Waals surface area contributed by atoms with Gasteiger partial charge in [-0.3, -0.25) is 4.90 Å². The Balaban J connectivity index is 2.16. The summed E-state index contributed by atoms with van der Waals surface area (Å²) >= 11 is 0. The maximum Gasteiger partial charge on any atom is 0.0350 e. The molecule has 1 aliphatic rings. The van der Waals surface area contributed by atoms with Crippen molar-refractivity contribution in [2.24, 2.45) is 5.73 Å². The quantitative estimate of drug-likeness (QED) is 0.800. The molecular weight excluding hydrogens is 256 g/mol. The van der Waals surface area contributed by atoms with Gasteiger partial charge in [-0.2, -0.15) is 0 Å². The summed E-state index contributed by atoms with van der Waals surface area (Å²) in [6.45, 7) is 5.81. The Kier molecular flexibility index (Phi) is 6.72. The van der Waals surface area contributed by atoms with E-state index in [4.69, 9.17) is 5.73 Å². The van der Waals surface area contributed by atoms with E-state index in [2.05, 4.69) is 49.1 Å². The summed E-state index contributed by atoms with van der Waals surface area (Å²) in [4.78, 5) is 2.78. The van der Waals surface area contributed by atoms with E-state index in [0.29, 0.717) is 12.1 Å². The number of benzene rings is 1. The molecule has 0 bridgehead atoms. The first-order chi connectivity index (χ1) is 10.3. The minimum Gasteiger partial charge on any atom is -0.328 e. The van der Waals surface area contributed by atoms with Crippen molar-refractivity contribution in [1.82, 2.24) is 4.90 Å². The largest absolute Gasteiger partial charge is 0.328 e. The van der Waals surface area contributed by atoms with Gasteiger partial charge in [0.05, 0.1) is 0 Å². The van der Waals surface area contributed by atoms with Gasteiger partial charge in [0, 0.05) is 18.1 Å². The molecule has 0 amide bonds. The van der Waals surface area contributed by atoms with Crippen LogP contribution in [-0.2, 0) is 0 Å². The first-order valence-corrected chi connectivity index (χ1v) is 8.82. The molecule has 1 aliphatic carbocycles. The highest BCUT2D eigenvalue weighted by Gasteiger charge is 2.29. The molecule has 0 saturated heterocycles. The second-order valence-electron chi connectivity index (χ2n) is 6.52. The van der Waals surface area contributed by atoms with Gasteiger partial charge in [-0.25, -0.2) is 0 Å². The highest BCUT2D eigenvalue weighted by Crippen LogP contribution is 2.33. The smallest absolute Gasteiger partial charge is 0.0350 e. The molecule has 0 radical (unpaired) electrons. The first-order valence-electron chi connectivity index (χ1n) is 8.82. The molecular formula is C19H32N2. The SMILES string of the molecule is CCCC(c1ccccc1)N(CCC)C1CCC(N)CC1. The van der Waals surface area contributed by atoms with Crippen LogP contribution in [0.5, 0.6) is 0 Å². The minimum absolute atomic E-state index is 0.436. The Morgan fingerprint density at radius 3 is 2.29 bits per heavy atom. The molecule has 2 heteroatoms. The van der Waals surface area contributed by atoms with E-state index in [-0.39, 0.29) is 0 Å². The zero-order valence-electron chi connectivity index (χ0n) is 13.8. The van der Waals surface area contributed by atoms with E-state index < -0.39 is 0 Å². The van der Waals surface area contributed by atoms with Crippen molar-refractivity contribution >= 4 is 0 Å². The normalized spacial score (nSPS) is 24.2. The minimum atomic E-state index is 0.436. The van der Waals surface area contributed by atoms with Gasteiger partial charge in [-0.1, -0.05) is 50.6 Å². The van der Waals surface area contributed by atoms with Crippen molar-refractivity contribution in [3.63, 3.8) is 0 Å². The molecule has 0 aliphatic heterocycles. The lowest BCUT2D eigenvalue weighted by Crippen LogP contribution is -2.43. The monoisotopic (exact) mass is 288 g/mol.